The van der Waals surface area contributed by atoms with Gasteiger partial charge in [-0.3, -0.25) is 24.7 Å². The van der Waals surface area contributed by atoms with Crippen molar-refractivity contribution in [1.82, 2.24) is 20.7 Å². The first-order valence-corrected chi connectivity index (χ1v) is 11.4. The minimum Gasteiger partial charge on any atom is -0.489 e. The molecule has 2 amide bonds. The van der Waals surface area contributed by atoms with E-state index in [-0.39, 0.29) is 18.0 Å². The highest BCUT2D eigenvalue weighted by Crippen LogP contribution is 2.22. The van der Waals surface area contributed by atoms with Crippen molar-refractivity contribution in [3.05, 3.63) is 71.4 Å². The molecule has 2 heterocycles. The number of aryl methyl sites for hydroxylation is 1. The van der Waals surface area contributed by atoms with E-state index >= 15 is 0 Å². The molecule has 0 spiro atoms. The minimum absolute atomic E-state index is 0.230. The number of hydroxylamine groups is 1. The van der Waals surface area contributed by atoms with Crippen LogP contribution in [-0.2, 0) is 11.4 Å². The smallest absolute Gasteiger partial charge is 0.251 e. The molecule has 8 heteroatoms. The maximum absolute atomic E-state index is 12.8. The summed E-state index contributed by atoms with van der Waals surface area (Å²) in [6.07, 6.45) is 0. The van der Waals surface area contributed by atoms with E-state index < -0.39 is 11.8 Å². The number of hydrogen-bond acceptors (Lipinski definition) is 6. The number of nitrogens with one attached hydrogen (secondary N) is 2. The van der Waals surface area contributed by atoms with Gasteiger partial charge in [-0.15, -0.1) is 0 Å². The lowest BCUT2D eigenvalue weighted by Crippen LogP contribution is -2.45. The number of likely N-dealkylation sites (tertiary alicyclic amines) is 1. The largest absolute Gasteiger partial charge is 0.489 e. The Kier molecular flexibility index (Phi) is 7.09. The lowest BCUT2D eigenvalue weighted by molar-refractivity contribution is -0.133. The lowest BCUT2D eigenvalue weighted by Gasteiger charge is -2.20. The van der Waals surface area contributed by atoms with Gasteiger partial charge in [0.25, 0.3) is 5.91 Å². The molecule has 3 aromatic rings. The van der Waals surface area contributed by atoms with E-state index in [1.165, 1.54) is 0 Å². The Bertz CT molecular complexity index is 1180. The van der Waals surface area contributed by atoms with E-state index in [0.29, 0.717) is 31.0 Å². The molecule has 1 saturated heterocycles. The van der Waals surface area contributed by atoms with E-state index in [2.05, 4.69) is 15.2 Å². The first-order chi connectivity index (χ1) is 16.4. The zero-order valence-corrected chi connectivity index (χ0v) is 19.6. The van der Waals surface area contributed by atoms with Crippen molar-refractivity contribution >= 4 is 22.7 Å². The molecular formula is C26H30N4O4. The predicted molar refractivity (Wildman–Crippen MR) is 129 cm³/mol. The molecule has 4 rings (SSSR count). The second-order valence-electron chi connectivity index (χ2n) is 8.96. The number of hydrogen-bond donors (Lipinski definition) is 3. The molecule has 178 valence electrons. The van der Waals surface area contributed by atoms with Crippen LogP contribution in [0.5, 0.6) is 5.75 Å². The highest BCUT2D eigenvalue weighted by atomic mass is 16.5. The first-order valence-electron chi connectivity index (χ1n) is 11.4. The van der Waals surface area contributed by atoms with E-state index in [4.69, 9.17) is 9.94 Å². The Balaban J connectivity index is 1.41. The maximum atomic E-state index is 12.8. The number of pyridine rings is 1. The Morgan fingerprint density at radius 2 is 1.88 bits per heavy atom. The summed E-state index contributed by atoms with van der Waals surface area (Å²) >= 11 is 0. The molecule has 0 saturated carbocycles. The summed E-state index contributed by atoms with van der Waals surface area (Å²) in [5.74, 6) is -0.623. The van der Waals surface area contributed by atoms with Crippen LogP contribution < -0.4 is 15.5 Å². The number of rotatable bonds is 7. The van der Waals surface area contributed by atoms with Gasteiger partial charge in [0, 0.05) is 41.3 Å². The second kappa shape index (κ2) is 10.2. The van der Waals surface area contributed by atoms with Gasteiger partial charge in [-0.05, 0) is 57.2 Å². The molecule has 8 nitrogen and oxygen atoms in total. The van der Waals surface area contributed by atoms with Crippen LogP contribution in [0.3, 0.4) is 0 Å². The first kappa shape index (κ1) is 23.7. The van der Waals surface area contributed by atoms with Crippen LogP contribution in [0.4, 0.5) is 0 Å². The van der Waals surface area contributed by atoms with Crippen LogP contribution in [0.25, 0.3) is 10.9 Å². The molecule has 0 bridgehead atoms. The van der Waals surface area contributed by atoms with E-state index in [9.17, 15) is 9.59 Å². The third kappa shape index (κ3) is 5.18. The second-order valence-corrected chi connectivity index (χ2v) is 8.96. The Morgan fingerprint density at radius 1 is 1.15 bits per heavy atom. The van der Waals surface area contributed by atoms with Gasteiger partial charge in [0.05, 0.1) is 17.5 Å². The third-order valence-corrected chi connectivity index (χ3v) is 6.28. The number of para-hydroxylation sites is 1. The van der Waals surface area contributed by atoms with Crippen molar-refractivity contribution in [3.63, 3.8) is 0 Å². The Morgan fingerprint density at radius 3 is 2.59 bits per heavy atom. The summed E-state index contributed by atoms with van der Waals surface area (Å²) in [5.41, 5.74) is 5.11. The Labute approximate surface area is 198 Å². The number of benzene rings is 2. The number of carbonyl (C=O) groups excluding carboxylic acids is 2. The van der Waals surface area contributed by atoms with Gasteiger partial charge in [0.15, 0.2) is 0 Å². The number of amides is 2. The number of carbonyl (C=O) groups is 2. The highest BCUT2D eigenvalue weighted by Gasteiger charge is 2.39. The number of aromatic nitrogens is 1. The van der Waals surface area contributed by atoms with Crippen molar-refractivity contribution < 1.29 is 19.5 Å². The van der Waals surface area contributed by atoms with E-state index in [0.717, 1.165) is 22.2 Å². The van der Waals surface area contributed by atoms with Gasteiger partial charge in [-0.2, -0.15) is 0 Å². The van der Waals surface area contributed by atoms with Crippen molar-refractivity contribution in [2.24, 2.45) is 5.92 Å². The fraction of sp³-hybridized carbons (Fsp3) is 0.346. The fourth-order valence-electron chi connectivity index (χ4n) is 4.38. The average molecular weight is 463 g/mol. The van der Waals surface area contributed by atoms with Crippen LogP contribution in [0.15, 0.2) is 54.6 Å². The average Bonchev–Trinajstić information content (AvgIpc) is 3.26. The minimum atomic E-state index is -0.516. The predicted octanol–water partition coefficient (Wildman–Crippen LogP) is 3.07. The molecule has 0 radical (unpaired) electrons. The fourth-order valence-corrected chi connectivity index (χ4v) is 4.38. The zero-order valence-electron chi connectivity index (χ0n) is 19.6. The monoisotopic (exact) mass is 462 g/mol. The third-order valence-electron chi connectivity index (χ3n) is 6.28. The summed E-state index contributed by atoms with van der Waals surface area (Å²) in [4.78, 5) is 31.6. The summed E-state index contributed by atoms with van der Waals surface area (Å²) in [5, 5.41) is 13.1. The summed E-state index contributed by atoms with van der Waals surface area (Å²) in [6, 6.07) is 16.8. The molecule has 1 aliphatic heterocycles. The lowest BCUT2D eigenvalue weighted by atomic mass is 10.0. The van der Waals surface area contributed by atoms with Crippen LogP contribution in [0, 0.1) is 12.8 Å². The maximum Gasteiger partial charge on any atom is 0.251 e. The number of fused-ring (bicyclic) bond motifs is 1. The number of ether oxygens (including phenoxy) is 1. The molecule has 2 aromatic carbocycles. The molecule has 34 heavy (non-hydrogen) atoms. The van der Waals surface area contributed by atoms with Crippen LogP contribution in [-0.4, -0.2) is 52.1 Å². The molecule has 2 atom stereocenters. The zero-order chi connectivity index (χ0) is 24.2. The normalized spacial score (nSPS) is 18.3. The van der Waals surface area contributed by atoms with Crippen LogP contribution in [0.2, 0.25) is 0 Å². The molecule has 3 N–H and O–H groups in total. The van der Waals surface area contributed by atoms with E-state index in [1.807, 2.05) is 51.1 Å². The van der Waals surface area contributed by atoms with Crippen molar-refractivity contribution in [2.75, 3.05) is 13.1 Å². The quantitative estimate of drug-likeness (QED) is 0.368. The molecule has 1 aromatic heterocycles. The topological polar surface area (TPSA) is 104 Å². The molecule has 1 aliphatic rings. The standard InChI is InChI=1S/C26H30N4O4/c1-16(2)30-13-22(26(32)29-33)24(14-30)28-25(31)18-8-10-20(11-9-18)34-15-19-12-17(3)27-23-7-5-4-6-21(19)23/h4-12,16,22,24,33H,13-15H2,1-3H3,(H,28,31)(H,29,32)/t22?,24-/m1/s1. The van der Waals surface area contributed by atoms with Gasteiger partial charge in [-0.25, -0.2) is 5.48 Å². The van der Waals surface area contributed by atoms with Gasteiger partial charge < -0.3 is 10.1 Å². The summed E-state index contributed by atoms with van der Waals surface area (Å²) in [7, 11) is 0. The number of nitrogens with zero attached hydrogens (tertiary/aromatic N) is 2. The van der Waals surface area contributed by atoms with Crippen molar-refractivity contribution in [2.45, 2.75) is 39.5 Å². The highest BCUT2D eigenvalue weighted by molar-refractivity contribution is 5.95. The SMILES string of the molecule is Cc1cc(COc2ccc(C(=O)N[C@@H]3CN(C(C)C)CC3C(=O)NO)cc2)c2ccccc2n1. The van der Waals surface area contributed by atoms with Gasteiger partial charge >= 0.3 is 0 Å². The van der Waals surface area contributed by atoms with Crippen molar-refractivity contribution in [1.29, 1.82) is 0 Å². The molecule has 0 aliphatic carbocycles. The summed E-state index contributed by atoms with van der Waals surface area (Å²) in [6.45, 7) is 7.44. The van der Waals surface area contributed by atoms with E-state index in [1.54, 1.807) is 29.7 Å². The molecular weight excluding hydrogens is 432 g/mol. The van der Waals surface area contributed by atoms with Crippen LogP contribution in [0.1, 0.15) is 35.5 Å². The molecule has 1 unspecified atom stereocenters. The van der Waals surface area contributed by atoms with Crippen LogP contribution >= 0.6 is 0 Å². The summed E-state index contributed by atoms with van der Waals surface area (Å²) < 4.78 is 5.98. The molecule has 1 fully saturated rings. The Hall–Kier alpha value is -3.49. The van der Waals surface area contributed by atoms with Gasteiger partial charge in [0.1, 0.15) is 12.4 Å². The van der Waals surface area contributed by atoms with Gasteiger partial charge in [-0.1, -0.05) is 18.2 Å². The van der Waals surface area contributed by atoms with Gasteiger partial charge in [0.2, 0.25) is 5.91 Å². The van der Waals surface area contributed by atoms with Crippen molar-refractivity contribution in [3.8, 4) is 5.75 Å².